The zero-order chi connectivity index (χ0) is 13.4. The summed E-state index contributed by atoms with van der Waals surface area (Å²) in [7, 11) is 0. The summed E-state index contributed by atoms with van der Waals surface area (Å²) in [5, 5.41) is 49.7. The molecule has 1 aliphatic heterocycles. The summed E-state index contributed by atoms with van der Waals surface area (Å²) >= 11 is 0. The zero-order valence-corrected chi connectivity index (χ0v) is 9.28. The minimum Gasteiger partial charge on any atom is -0.508 e. The molecule has 0 amide bonds. The standard InChI is InChI=1S/C12H13NO5/c14-10-4-5-13-11(15,12(16,17)18)9-3-1-2-8(6-9)7-10/h1-7,13-18H/b5-4+,10-7+. The molecular formula is C12H13NO5. The van der Waals surface area contributed by atoms with Crippen molar-refractivity contribution in [2.45, 2.75) is 11.7 Å². The number of rotatable bonds is 1. The summed E-state index contributed by atoms with van der Waals surface area (Å²) in [6.45, 7) is 0. The molecule has 0 radical (unpaired) electrons. The monoisotopic (exact) mass is 251 g/mol. The lowest BCUT2D eigenvalue weighted by Gasteiger charge is -2.35. The summed E-state index contributed by atoms with van der Waals surface area (Å²) in [5.41, 5.74) is -1.96. The number of benzene rings is 1. The van der Waals surface area contributed by atoms with E-state index >= 15 is 0 Å². The Kier molecular flexibility index (Phi) is 2.88. The lowest BCUT2D eigenvalue weighted by Crippen LogP contribution is -2.59. The molecule has 0 fully saturated rings. The van der Waals surface area contributed by atoms with Crippen LogP contribution in [0.5, 0.6) is 0 Å². The lowest BCUT2D eigenvalue weighted by molar-refractivity contribution is -0.402. The fourth-order valence-electron chi connectivity index (χ4n) is 1.69. The van der Waals surface area contributed by atoms with E-state index in [1.54, 1.807) is 6.07 Å². The molecule has 18 heavy (non-hydrogen) atoms. The fraction of sp³-hybridized carbons (Fsp3) is 0.167. The smallest absolute Gasteiger partial charge is 0.330 e. The highest BCUT2D eigenvalue weighted by molar-refractivity contribution is 5.55. The van der Waals surface area contributed by atoms with Gasteiger partial charge < -0.3 is 30.8 Å². The summed E-state index contributed by atoms with van der Waals surface area (Å²) in [4.78, 5) is 0. The first-order valence-electron chi connectivity index (χ1n) is 5.18. The Morgan fingerprint density at radius 2 is 1.89 bits per heavy atom. The van der Waals surface area contributed by atoms with E-state index in [0.717, 1.165) is 6.20 Å². The van der Waals surface area contributed by atoms with Gasteiger partial charge in [0.2, 0.25) is 5.72 Å². The molecular weight excluding hydrogens is 238 g/mol. The Bertz CT molecular complexity index is 517. The van der Waals surface area contributed by atoms with E-state index in [9.17, 15) is 25.5 Å². The van der Waals surface area contributed by atoms with Crippen molar-refractivity contribution >= 4 is 6.08 Å². The molecule has 1 aliphatic rings. The minimum absolute atomic E-state index is 0.0306. The van der Waals surface area contributed by atoms with Gasteiger partial charge >= 0.3 is 5.97 Å². The van der Waals surface area contributed by atoms with Crippen molar-refractivity contribution in [1.29, 1.82) is 0 Å². The molecule has 0 aromatic heterocycles. The van der Waals surface area contributed by atoms with Gasteiger partial charge in [-0.15, -0.1) is 0 Å². The van der Waals surface area contributed by atoms with Crippen LogP contribution in [0.4, 0.5) is 0 Å². The average molecular weight is 251 g/mol. The van der Waals surface area contributed by atoms with E-state index < -0.39 is 11.7 Å². The van der Waals surface area contributed by atoms with Crippen LogP contribution in [0.3, 0.4) is 0 Å². The minimum atomic E-state index is -3.39. The number of aliphatic hydroxyl groups excluding tert-OH is 1. The molecule has 1 aromatic rings. The highest BCUT2D eigenvalue weighted by Crippen LogP contribution is 2.29. The Morgan fingerprint density at radius 1 is 1.17 bits per heavy atom. The summed E-state index contributed by atoms with van der Waals surface area (Å²) < 4.78 is 0. The number of hydrogen-bond donors (Lipinski definition) is 6. The van der Waals surface area contributed by atoms with Crippen LogP contribution in [0.15, 0.2) is 42.3 Å². The van der Waals surface area contributed by atoms with Gasteiger partial charge in [0.15, 0.2) is 0 Å². The second-order valence-electron chi connectivity index (χ2n) is 4.02. The maximum atomic E-state index is 10.2. The number of fused-ring (bicyclic) bond motifs is 2. The first-order valence-corrected chi connectivity index (χ1v) is 5.18. The maximum Gasteiger partial charge on any atom is 0.330 e. The quantitative estimate of drug-likeness (QED) is 0.374. The van der Waals surface area contributed by atoms with Crippen molar-refractivity contribution in [3.63, 3.8) is 0 Å². The fourth-order valence-corrected chi connectivity index (χ4v) is 1.69. The second-order valence-corrected chi connectivity index (χ2v) is 4.02. The van der Waals surface area contributed by atoms with Crippen LogP contribution in [0, 0.1) is 0 Å². The van der Waals surface area contributed by atoms with E-state index in [1.807, 2.05) is 0 Å². The first kappa shape index (κ1) is 12.6. The van der Waals surface area contributed by atoms with Gasteiger partial charge in [-0.25, -0.2) is 0 Å². The molecule has 2 bridgehead atoms. The summed E-state index contributed by atoms with van der Waals surface area (Å²) in [6.07, 6.45) is 3.72. The normalized spacial score (nSPS) is 28.1. The van der Waals surface area contributed by atoms with Gasteiger partial charge in [0.05, 0.1) is 0 Å². The molecule has 1 atom stereocenters. The van der Waals surface area contributed by atoms with Crippen LogP contribution in [0.25, 0.3) is 6.08 Å². The molecule has 0 aliphatic carbocycles. The molecule has 0 spiro atoms. The lowest BCUT2D eigenvalue weighted by atomic mass is 9.98. The number of nitrogens with one attached hydrogen (secondary N) is 1. The molecule has 1 aromatic carbocycles. The van der Waals surface area contributed by atoms with Crippen LogP contribution in [-0.4, -0.2) is 31.5 Å². The molecule has 1 unspecified atom stereocenters. The van der Waals surface area contributed by atoms with Crippen LogP contribution >= 0.6 is 0 Å². The van der Waals surface area contributed by atoms with Crippen molar-refractivity contribution in [1.82, 2.24) is 5.32 Å². The molecule has 96 valence electrons. The number of allylic oxidation sites excluding steroid dienone is 1. The summed E-state index contributed by atoms with van der Waals surface area (Å²) in [6, 6.07) is 5.98. The Hall–Kier alpha value is -1.86. The highest BCUT2D eigenvalue weighted by Gasteiger charge is 2.49. The molecule has 1 heterocycles. The molecule has 6 heteroatoms. The maximum absolute atomic E-state index is 10.2. The predicted molar refractivity (Wildman–Crippen MR) is 62.6 cm³/mol. The third kappa shape index (κ3) is 2.09. The van der Waals surface area contributed by atoms with Gasteiger partial charge in [-0.1, -0.05) is 18.2 Å². The van der Waals surface area contributed by atoms with Gasteiger partial charge in [-0.2, -0.15) is 0 Å². The number of hydrogen-bond acceptors (Lipinski definition) is 6. The Morgan fingerprint density at radius 3 is 2.56 bits per heavy atom. The van der Waals surface area contributed by atoms with Crippen LogP contribution < -0.4 is 5.32 Å². The van der Waals surface area contributed by atoms with Crippen LogP contribution in [0.1, 0.15) is 11.1 Å². The second kappa shape index (κ2) is 4.11. The van der Waals surface area contributed by atoms with Crippen molar-refractivity contribution in [2.75, 3.05) is 0 Å². The van der Waals surface area contributed by atoms with Crippen LogP contribution in [-0.2, 0) is 5.72 Å². The molecule has 2 rings (SSSR count). The zero-order valence-electron chi connectivity index (χ0n) is 9.28. The van der Waals surface area contributed by atoms with Crippen molar-refractivity contribution < 1.29 is 25.5 Å². The van der Waals surface area contributed by atoms with Gasteiger partial charge in [-0.05, 0) is 23.8 Å². The first-order chi connectivity index (χ1) is 8.33. The SMILES string of the molecule is OC1=C/c2cccc(c2)C(O)(C(O)(O)O)N\C=C\1. The van der Waals surface area contributed by atoms with Gasteiger partial charge in [0.1, 0.15) is 5.76 Å². The van der Waals surface area contributed by atoms with Crippen molar-refractivity contribution in [2.24, 2.45) is 0 Å². The van der Waals surface area contributed by atoms with Crippen LogP contribution in [0.2, 0.25) is 0 Å². The van der Waals surface area contributed by atoms with Crippen molar-refractivity contribution in [3.05, 3.63) is 53.4 Å². The van der Waals surface area contributed by atoms with Crippen molar-refractivity contribution in [3.8, 4) is 0 Å². The van der Waals surface area contributed by atoms with E-state index in [0.29, 0.717) is 5.56 Å². The highest BCUT2D eigenvalue weighted by atomic mass is 16.7. The largest absolute Gasteiger partial charge is 0.508 e. The van der Waals surface area contributed by atoms with Gasteiger partial charge in [-0.3, -0.25) is 0 Å². The molecule has 0 saturated heterocycles. The third-order valence-electron chi connectivity index (χ3n) is 2.65. The molecule has 6 N–H and O–H groups in total. The van der Waals surface area contributed by atoms with E-state index in [2.05, 4.69) is 5.32 Å². The number of aliphatic hydroxyl groups is 5. The molecule has 6 nitrogen and oxygen atoms in total. The third-order valence-corrected chi connectivity index (χ3v) is 2.65. The summed E-state index contributed by atoms with van der Waals surface area (Å²) in [5.74, 6) is -3.49. The van der Waals surface area contributed by atoms with Gasteiger partial charge in [0, 0.05) is 11.8 Å². The van der Waals surface area contributed by atoms with Gasteiger partial charge in [0.25, 0.3) is 0 Å². The Balaban J connectivity index is 2.62. The van der Waals surface area contributed by atoms with E-state index in [-0.39, 0.29) is 11.3 Å². The Labute approximate surface area is 103 Å². The predicted octanol–water partition coefficient (Wildman–Crippen LogP) is -0.522. The molecule has 0 saturated carbocycles. The average Bonchev–Trinajstić information content (AvgIpc) is 2.30. The van der Waals surface area contributed by atoms with E-state index in [1.165, 1.54) is 30.4 Å². The van der Waals surface area contributed by atoms with E-state index in [4.69, 9.17) is 0 Å². The topological polar surface area (TPSA) is 113 Å².